The molecule has 1 aromatic carbocycles. The molecule has 0 amide bonds. The van der Waals surface area contributed by atoms with Crippen LogP contribution in [0.1, 0.15) is 46.1 Å². The van der Waals surface area contributed by atoms with E-state index < -0.39 is 6.04 Å². The van der Waals surface area contributed by atoms with Gasteiger partial charge in [0.05, 0.1) is 26.9 Å². The second kappa shape index (κ2) is 11.6. The van der Waals surface area contributed by atoms with E-state index in [2.05, 4.69) is 6.92 Å². The Kier molecular flexibility index (Phi) is 9.88. The Morgan fingerprint density at radius 3 is 2.31 bits per heavy atom. The molecule has 26 heavy (non-hydrogen) atoms. The van der Waals surface area contributed by atoms with Crippen LogP contribution in [0, 0.1) is 5.92 Å². The van der Waals surface area contributed by atoms with Crippen molar-refractivity contribution in [3.63, 3.8) is 0 Å². The summed E-state index contributed by atoms with van der Waals surface area (Å²) in [6, 6.07) is 3.29. The van der Waals surface area contributed by atoms with Crippen molar-refractivity contribution < 1.29 is 23.7 Å². The van der Waals surface area contributed by atoms with E-state index in [1.54, 1.807) is 0 Å². The Bertz CT molecular complexity index is 561. The van der Waals surface area contributed by atoms with Crippen LogP contribution in [0.4, 0.5) is 0 Å². The van der Waals surface area contributed by atoms with Crippen molar-refractivity contribution in [2.75, 3.05) is 26.9 Å². The van der Waals surface area contributed by atoms with Crippen molar-refractivity contribution in [1.29, 1.82) is 0 Å². The Balaban J connectivity index is 2.92. The van der Waals surface area contributed by atoms with Crippen LogP contribution in [0.15, 0.2) is 12.1 Å². The van der Waals surface area contributed by atoms with Gasteiger partial charge in [0.2, 0.25) is 0 Å². The lowest BCUT2D eigenvalue weighted by molar-refractivity contribution is -0.142. The fourth-order valence-electron chi connectivity index (χ4n) is 2.84. The van der Waals surface area contributed by atoms with Gasteiger partial charge in [0.25, 0.3) is 0 Å². The van der Waals surface area contributed by atoms with Gasteiger partial charge in [-0.25, -0.2) is 0 Å². The number of carbonyl (C=O) groups is 1. The number of aryl methyl sites for hydroxylation is 1. The van der Waals surface area contributed by atoms with E-state index >= 15 is 0 Å². The molecule has 0 fully saturated rings. The maximum absolute atomic E-state index is 11.5. The summed E-state index contributed by atoms with van der Waals surface area (Å²) < 4.78 is 22.0. The Morgan fingerprint density at radius 2 is 1.73 bits per heavy atom. The molecule has 0 aliphatic carbocycles. The molecular formula is C20H33NO5. The van der Waals surface area contributed by atoms with Crippen molar-refractivity contribution in [2.45, 2.75) is 53.0 Å². The molecule has 1 rings (SSSR count). The minimum Gasteiger partial charge on any atom is -0.494 e. The first-order chi connectivity index (χ1) is 12.5. The summed E-state index contributed by atoms with van der Waals surface area (Å²) in [6.07, 6.45) is 2.23. The van der Waals surface area contributed by atoms with Crippen molar-refractivity contribution in [3.05, 3.63) is 17.7 Å². The zero-order valence-electron chi connectivity index (χ0n) is 16.7. The lowest BCUT2D eigenvalue weighted by atomic mass is 9.94. The Morgan fingerprint density at radius 1 is 1.08 bits per heavy atom. The largest absolute Gasteiger partial charge is 0.494 e. The number of benzene rings is 1. The normalized spacial score (nSPS) is 13.0. The number of esters is 1. The molecule has 0 saturated heterocycles. The quantitative estimate of drug-likeness (QED) is 0.571. The minimum atomic E-state index is -0.588. The van der Waals surface area contributed by atoms with Gasteiger partial charge in [-0.3, -0.25) is 4.79 Å². The lowest BCUT2D eigenvalue weighted by Crippen LogP contribution is -2.33. The maximum Gasteiger partial charge on any atom is 0.322 e. The average molecular weight is 367 g/mol. The van der Waals surface area contributed by atoms with Gasteiger partial charge in [0.1, 0.15) is 11.8 Å². The van der Waals surface area contributed by atoms with E-state index in [9.17, 15) is 4.79 Å². The van der Waals surface area contributed by atoms with Crippen LogP contribution in [0.5, 0.6) is 17.2 Å². The summed E-state index contributed by atoms with van der Waals surface area (Å²) in [5, 5.41) is 0. The highest BCUT2D eigenvalue weighted by Gasteiger charge is 2.19. The summed E-state index contributed by atoms with van der Waals surface area (Å²) in [7, 11) is 1.36. The number of ether oxygens (including phenoxy) is 4. The molecule has 1 aromatic rings. The van der Waals surface area contributed by atoms with Crippen LogP contribution in [-0.4, -0.2) is 38.9 Å². The van der Waals surface area contributed by atoms with E-state index in [0.29, 0.717) is 32.0 Å². The van der Waals surface area contributed by atoms with E-state index in [1.807, 2.05) is 32.9 Å². The van der Waals surface area contributed by atoms with E-state index in [-0.39, 0.29) is 11.9 Å². The van der Waals surface area contributed by atoms with Gasteiger partial charge in [-0.05, 0) is 52.0 Å². The molecule has 0 saturated carbocycles. The monoisotopic (exact) mass is 367 g/mol. The molecular weight excluding hydrogens is 334 g/mol. The van der Waals surface area contributed by atoms with Gasteiger partial charge in [0.15, 0.2) is 11.5 Å². The van der Waals surface area contributed by atoms with Crippen molar-refractivity contribution in [3.8, 4) is 17.2 Å². The minimum absolute atomic E-state index is 0.268. The molecule has 0 bridgehead atoms. The second-order valence-electron chi connectivity index (χ2n) is 6.22. The molecule has 0 aliphatic heterocycles. The maximum atomic E-state index is 11.5. The molecule has 0 aromatic heterocycles. The van der Waals surface area contributed by atoms with Gasteiger partial charge >= 0.3 is 5.97 Å². The number of rotatable bonds is 12. The van der Waals surface area contributed by atoms with Crippen LogP contribution >= 0.6 is 0 Å². The molecule has 0 radical (unpaired) electrons. The van der Waals surface area contributed by atoms with Gasteiger partial charge in [-0.2, -0.15) is 0 Å². The molecule has 2 atom stereocenters. The third-order valence-electron chi connectivity index (χ3n) is 4.07. The average Bonchev–Trinajstić information content (AvgIpc) is 2.62. The van der Waals surface area contributed by atoms with Crippen LogP contribution in [-0.2, 0) is 16.0 Å². The first-order valence-electron chi connectivity index (χ1n) is 9.35. The summed E-state index contributed by atoms with van der Waals surface area (Å²) >= 11 is 0. The van der Waals surface area contributed by atoms with Crippen LogP contribution in [0.3, 0.4) is 0 Å². The number of methoxy groups -OCH3 is 1. The summed E-state index contributed by atoms with van der Waals surface area (Å²) in [6.45, 7) is 9.63. The highest BCUT2D eigenvalue weighted by atomic mass is 16.5. The van der Waals surface area contributed by atoms with E-state index in [1.165, 1.54) is 7.11 Å². The lowest BCUT2D eigenvalue weighted by Gasteiger charge is -2.19. The van der Waals surface area contributed by atoms with Gasteiger partial charge in [-0.15, -0.1) is 0 Å². The number of nitrogens with two attached hydrogens (primary N) is 1. The van der Waals surface area contributed by atoms with Crippen LogP contribution in [0.25, 0.3) is 0 Å². The highest BCUT2D eigenvalue weighted by Crippen LogP contribution is 2.37. The SMILES string of the molecule is CCOc1cc(CCC(C)CC(N)C(=O)OC)c(OCC)c(OCC)c1. The molecule has 2 unspecified atom stereocenters. The molecule has 0 aliphatic rings. The van der Waals surface area contributed by atoms with Crippen molar-refractivity contribution in [2.24, 2.45) is 11.7 Å². The summed E-state index contributed by atoms with van der Waals surface area (Å²) in [4.78, 5) is 11.5. The fourth-order valence-corrected chi connectivity index (χ4v) is 2.84. The first kappa shape index (κ1) is 22.1. The Labute approximate surface area is 156 Å². The van der Waals surface area contributed by atoms with E-state index in [0.717, 1.165) is 29.9 Å². The molecule has 0 heterocycles. The molecule has 6 heteroatoms. The third-order valence-corrected chi connectivity index (χ3v) is 4.07. The van der Waals surface area contributed by atoms with Crippen molar-refractivity contribution >= 4 is 5.97 Å². The molecule has 148 valence electrons. The van der Waals surface area contributed by atoms with Crippen LogP contribution < -0.4 is 19.9 Å². The zero-order chi connectivity index (χ0) is 19.5. The number of hydrogen-bond acceptors (Lipinski definition) is 6. The predicted octanol–water partition coefficient (Wildman–Crippen LogP) is 3.34. The van der Waals surface area contributed by atoms with Gasteiger partial charge < -0.3 is 24.7 Å². The highest BCUT2D eigenvalue weighted by molar-refractivity contribution is 5.75. The summed E-state index contributed by atoms with van der Waals surface area (Å²) in [5.41, 5.74) is 6.90. The van der Waals surface area contributed by atoms with E-state index in [4.69, 9.17) is 24.7 Å². The molecule has 0 spiro atoms. The number of carbonyl (C=O) groups excluding carboxylic acids is 1. The standard InChI is InChI=1S/C20H33NO5/c1-6-24-16-12-15(19(26-8-3)18(13-16)25-7-2)10-9-14(4)11-17(21)20(22)23-5/h12-14,17H,6-11,21H2,1-5H3. The predicted molar refractivity (Wildman–Crippen MR) is 102 cm³/mol. The molecule has 2 N–H and O–H groups in total. The second-order valence-corrected chi connectivity index (χ2v) is 6.22. The smallest absolute Gasteiger partial charge is 0.322 e. The topological polar surface area (TPSA) is 80.0 Å². The zero-order valence-corrected chi connectivity index (χ0v) is 16.7. The number of hydrogen-bond donors (Lipinski definition) is 1. The van der Waals surface area contributed by atoms with Crippen LogP contribution in [0.2, 0.25) is 0 Å². The first-order valence-corrected chi connectivity index (χ1v) is 9.35. The summed E-state index contributed by atoms with van der Waals surface area (Å²) in [5.74, 6) is 2.14. The van der Waals surface area contributed by atoms with Crippen molar-refractivity contribution in [1.82, 2.24) is 0 Å². The van der Waals surface area contributed by atoms with Gasteiger partial charge in [-0.1, -0.05) is 6.92 Å². The van der Waals surface area contributed by atoms with Gasteiger partial charge in [0, 0.05) is 11.6 Å². The molecule has 6 nitrogen and oxygen atoms in total. The Hall–Kier alpha value is -1.95. The third kappa shape index (κ3) is 6.75. The fraction of sp³-hybridized carbons (Fsp3) is 0.650.